The smallest absolute Gasteiger partial charge is 0.251 e. The quantitative estimate of drug-likeness (QED) is 0.659. The average molecular weight is 316 g/mol. The molecule has 1 fully saturated rings. The van der Waals surface area contributed by atoms with Crippen LogP contribution in [0.2, 0.25) is 0 Å². The Bertz CT molecular complexity index is 548. The molecule has 0 atom stereocenters. The van der Waals surface area contributed by atoms with Gasteiger partial charge in [-0.2, -0.15) is 0 Å². The molecular weight excluding hydrogens is 288 g/mol. The predicted octanol–water partition coefficient (Wildman–Crippen LogP) is 1.90. The Morgan fingerprint density at radius 1 is 1.35 bits per heavy atom. The third-order valence-electron chi connectivity index (χ3n) is 4.41. The second kappa shape index (κ2) is 8.56. The van der Waals surface area contributed by atoms with Crippen LogP contribution < -0.4 is 10.6 Å². The molecule has 126 valence electrons. The van der Waals surface area contributed by atoms with Crippen molar-refractivity contribution in [1.82, 2.24) is 15.5 Å². The standard InChI is InChI=1S/C18H28N4O/c1-14-8-11-22(12-9-14)18(20-3)21-10-7-15-5-4-6-16(13-15)17(23)19-2/h4-6,13-14H,7-12H2,1-3H3,(H,19,23)(H,20,21). The van der Waals surface area contributed by atoms with Crippen molar-refractivity contribution in [2.45, 2.75) is 26.2 Å². The van der Waals surface area contributed by atoms with Gasteiger partial charge in [-0.05, 0) is 42.9 Å². The predicted molar refractivity (Wildman–Crippen MR) is 94.9 cm³/mol. The molecule has 5 nitrogen and oxygen atoms in total. The van der Waals surface area contributed by atoms with Crippen molar-refractivity contribution in [2.75, 3.05) is 33.7 Å². The molecule has 0 unspecified atom stereocenters. The fraction of sp³-hybridized carbons (Fsp3) is 0.556. The Kier molecular flexibility index (Phi) is 6.44. The van der Waals surface area contributed by atoms with Crippen LogP contribution in [0.3, 0.4) is 0 Å². The van der Waals surface area contributed by atoms with E-state index in [0.29, 0.717) is 5.56 Å². The van der Waals surface area contributed by atoms with Crippen LogP contribution in [0.5, 0.6) is 0 Å². The molecule has 1 aliphatic heterocycles. The number of carbonyl (C=O) groups is 1. The molecule has 1 amide bonds. The molecule has 5 heteroatoms. The van der Waals surface area contributed by atoms with E-state index in [0.717, 1.165) is 43.5 Å². The highest BCUT2D eigenvalue weighted by Gasteiger charge is 2.18. The van der Waals surface area contributed by atoms with E-state index < -0.39 is 0 Å². The van der Waals surface area contributed by atoms with E-state index in [1.165, 1.54) is 12.8 Å². The van der Waals surface area contributed by atoms with Crippen molar-refractivity contribution >= 4 is 11.9 Å². The number of hydrogen-bond donors (Lipinski definition) is 2. The molecule has 2 rings (SSSR count). The van der Waals surface area contributed by atoms with Gasteiger partial charge in [0.2, 0.25) is 0 Å². The van der Waals surface area contributed by atoms with Crippen molar-refractivity contribution in [3.8, 4) is 0 Å². The fourth-order valence-corrected chi connectivity index (χ4v) is 2.88. The van der Waals surface area contributed by atoms with Crippen LogP contribution in [0.25, 0.3) is 0 Å². The molecule has 1 aromatic carbocycles. The van der Waals surface area contributed by atoms with E-state index in [1.54, 1.807) is 7.05 Å². The summed E-state index contributed by atoms with van der Waals surface area (Å²) < 4.78 is 0. The minimum absolute atomic E-state index is 0.0435. The first kappa shape index (κ1) is 17.3. The van der Waals surface area contributed by atoms with E-state index >= 15 is 0 Å². The van der Waals surface area contributed by atoms with Gasteiger partial charge in [0.15, 0.2) is 5.96 Å². The van der Waals surface area contributed by atoms with Gasteiger partial charge in [0.25, 0.3) is 5.91 Å². The third kappa shape index (κ3) is 4.98. The number of rotatable bonds is 4. The number of nitrogens with one attached hydrogen (secondary N) is 2. The first-order valence-corrected chi connectivity index (χ1v) is 8.40. The van der Waals surface area contributed by atoms with Gasteiger partial charge in [-0.25, -0.2) is 0 Å². The minimum Gasteiger partial charge on any atom is -0.356 e. The Hall–Kier alpha value is -2.04. The van der Waals surface area contributed by atoms with Crippen molar-refractivity contribution in [1.29, 1.82) is 0 Å². The van der Waals surface area contributed by atoms with E-state index in [4.69, 9.17) is 0 Å². The molecule has 0 aromatic heterocycles. The van der Waals surface area contributed by atoms with Crippen molar-refractivity contribution in [3.05, 3.63) is 35.4 Å². The zero-order chi connectivity index (χ0) is 16.7. The van der Waals surface area contributed by atoms with Gasteiger partial charge in [0.1, 0.15) is 0 Å². The zero-order valence-corrected chi connectivity index (χ0v) is 14.4. The number of benzene rings is 1. The van der Waals surface area contributed by atoms with Gasteiger partial charge in [0.05, 0.1) is 0 Å². The van der Waals surface area contributed by atoms with Crippen LogP contribution in [-0.2, 0) is 6.42 Å². The maximum absolute atomic E-state index is 11.7. The van der Waals surface area contributed by atoms with Crippen LogP contribution in [0.1, 0.15) is 35.7 Å². The first-order valence-electron chi connectivity index (χ1n) is 8.40. The summed E-state index contributed by atoms with van der Waals surface area (Å²) in [5, 5.41) is 6.10. The van der Waals surface area contributed by atoms with Gasteiger partial charge >= 0.3 is 0 Å². The number of aliphatic imine (C=N–C) groups is 1. The Labute approximate surface area is 139 Å². The highest BCUT2D eigenvalue weighted by Crippen LogP contribution is 2.15. The lowest BCUT2D eigenvalue weighted by Crippen LogP contribution is -2.45. The van der Waals surface area contributed by atoms with Crippen LogP contribution in [0.4, 0.5) is 0 Å². The highest BCUT2D eigenvalue weighted by molar-refractivity contribution is 5.94. The first-order chi connectivity index (χ1) is 11.1. The second-order valence-corrected chi connectivity index (χ2v) is 6.17. The summed E-state index contributed by atoms with van der Waals surface area (Å²) in [6.07, 6.45) is 3.33. The SMILES string of the molecule is CN=C(NCCc1cccc(C(=O)NC)c1)N1CCC(C)CC1. The van der Waals surface area contributed by atoms with Gasteiger partial charge in [-0.15, -0.1) is 0 Å². The van der Waals surface area contributed by atoms with Crippen LogP contribution in [0.15, 0.2) is 29.3 Å². The van der Waals surface area contributed by atoms with Gasteiger partial charge in [-0.3, -0.25) is 9.79 Å². The van der Waals surface area contributed by atoms with Crippen molar-refractivity contribution in [3.63, 3.8) is 0 Å². The van der Waals surface area contributed by atoms with Crippen LogP contribution in [-0.4, -0.2) is 50.5 Å². The summed E-state index contributed by atoms with van der Waals surface area (Å²) in [5.74, 6) is 1.76. The number of carbonyl (C=O) groups excluding carboxylic acids is 1. The maximum atomic E-state index is 11.7. The number of amides is 1. The molecule has 2 N–H and O–H groups in total. The summed E-state index contributed by atoms with van der Waals surface area (Å²) in [6.45, 7) is 5.28. The van der Waals surface area contributed by atoms with E-state index in [9.17, 15) is 4.79 Å². The van der Waals surface area contributed by atoms with Crippen molar-refractivity contribution in [2.24, 2.45) is 10.9 Å². The molecule has 0 spiro atoms. The minimum atomic E-state index is -0.0435. The lowest BCUT2D eigenvalue weighted by atomic mass is 9.99. The summed E-state index contributed by atoms with van der Waals surface area (Å²) in [4.78, 5) is 18.4. The lowest BCUT2D eigenvalue weighted by Gasteiger charge is -2.32. The number of nitrogens with zero attached hydrogens (tertiary/aromatic N) is 2. The molecule has 0 aliphatic carbocycles. The Morgan fingerprint density at radius 3 is 2.74 bits per heavy atom. The molecule has 0 radical (unpaired) electrons. The largest absolute Gasteiger partial charge is 0.356 e. The summed E-state index contributed by atoms with van der Waals surface area (Å²) in [6, 6.07) is 7.77. The maximum Gasteiger partial charge on any atom is 0.251 e. The summed E-state index contributed by atoms with van der Waals surface area (Å²) in [7, 11) is 3.49. The fourth-order valence-electron chi connectivity index (χ4n) is 2.88. The monoisotopic (exact) mass is 316 g/mol. The average Bonchev–Trinajstić information content (AvgIpc) is 2.59. The molecule has 0 saturated carbocycles. The Morgan fingerprint density at radius 2 is 2.09 bits per heavy atom. The molecule has 1 aliphatic rings. The second-order valence-electron chi connectivity index (χ2n) is 6.17. The van der Waals surface area contributed by atoms with Gasteiger partial charge < -0.3 is 15.5 Å². The molecule has 1 saturated heterocycles. The zero-order valence-electron chi connectivity index (χ0n) is 14.4. The van der Waals surface area contributed by atoms with Crippen LogP contribution in [0, 0.1) is 5.92 Å². The summed E-state index contributed by atoms with van der Waals surface area (Å²) >= 11 is 0. The molecule has 0 bridgehead atoms. The number of hydrogen-bond acceptors (Lipinski definition) is 2. The normalized spacial score (nSPS) is 16.3. The molecule has 1 heterocycles. The number of likely N-dealkylation sites (tertiary alicyclic amines) is 1. The topological polar surface area (TPSA) is 56.7 Å². The van der Waals surface area contributed by atoms with E-state index in [1.807, 2.05) is 25.2 Å². The van der Waals surface area contributed by atoms with Crippen molar-refractivity contribution < 1.29 is 4.79 Å². The highest BCUT2D eigenvalue weighted by atomic mass is 16.1. The third-order valence-corrected chi connectivity index (χ3v) is 4.41. The van der Waals surface area contributed by atoms with E-state index in [-0.39, 0.29) is 5.91 Å². The van der Waals surface area contributed by atoms with E-state index in [2.05, 4.69) is 33.5 Å². The summed E-state index contributed by atoms with van der Waals surface area (Å²) in [5.41, 5.74) is 1.86. The van der Waals surface area contributed by atoms with Crippen LogP contribution >= 0.6 is 0 Å². The van der Waals surface area contributed by atoms with Gasteiger partial charge in [-0.1, -0.05) is 19.1 Å². The number of piperidine rings is 1. The molecule has 23 heavy (non-hydrogen) atoms. The Balaban J connectivity index is 1.85. The van der Waals surface area contributed by atoms with Gasteiger partial charge in [0, 0.05) is 39.3 Å². The molecular formula is C18H28N4O. The lowest BCUT2D eigenvalue weighted by molar-refractivity contribution is 0.0963. The number of guanidine groups is 1. The molecule has 1 aromatic rings.